The number of aromatic amines is 1. The second kappa shape index (κ2) is 11.3. The van der Waals surface area contributed by atoms with Crippen molar-refractivity contribution in [3.05, 3.63) is 53.0 Å². The van der Waals surface area contributed by atoms with Gasteiger partial charge in [-0.3, -0.25) is 14.5 Å². The molecule has 5 rings (SSSR count). The SMILES string of the molecule is C[Si](C)(C)OC(=O)C1=C(CSc2nnnn2Cc2nn[nH]n2)CS[C@H]2C(NC(=O)Cc3ccccc3)C(=O)N12. The van der Waals surface area contributed by atoms with Crippen LogP contribution in [0.4, 0.5) is 0 Å². The molecular weight excluding hydrogens is 561 g/mol. The van der Waals surface area contributed by atoms with Crippen LogP contribution >= 0.6 is 23.5 Å². The molecule has 17 heteroatoms. The average Bonchev–Trinajstić information content (AvgIpc) is 3.57. The van der Waals surface area contributed by atoms with E-state index in [0.29, 0.717) is 22.5 Å². The van der Waals surface area contributed by atoms with Gasteiger partial charge in [-0.05, 0) is 41.2 Å². The second-order valence-electron chi connectivity index (χ2n) is 9.81. The molecule has 4 heterocycles. The number of nitrogens with one attached hydrogen (secondary N) is 2. The maximum atomic E-state index is 13.4. The number of aromatic nitrogens is 8. The highest BCUT2D eigenvalue weighted by Gasteiger charge is 2.54. The van der Waals surface area contributed by atoms with Crippen LogP contribution in [0.3, 0.4) is 0 Å². The first-order valence-corrected chi connectivity index (χ1v) is 17.5. The van der Waals surface area contributed by atoms with Gasteiger partial charge in [-0.2, -0.15) is 5.21 Å². The number of β-lactam (4-membered cyclic amide) rings is 1. The predicted molar refractivity (Wildman–Crippen MR) is 143 cm³/mol. The van der Waals surface area contributed by atoms with Crippen molar-refractivity contribution in [1.82, 2.24) is 51.0 Å². The highest BCUT2D eigenvalue weighted by Crippen LogP contribution is 2.42. The summed E-state index contributed by atoms with van der Waals surface area (Å²) in [6.07, 6.45) is 0.169. The third-order valence-corrected chi connectivity index (χ3v) is 8.90. The van der Waals surface area contributed by atoms with Gasteiger partial charge in [0.15, 0.2) is 5.82 Å². The second-order valence-corrected chi connectivity index (χ2v) is 16.3. The molecule has 39 heavy (non-hydrogen) atoms. The van der Waals surface area contributed by atoms with Crippen LogP contribution in [-0.4, -0.2) is 94.8 Å². The minimum atomic E-state index is -2.26. The molecule has 2 N–H and O–H groups in total. The Hall–Kier alpha value is -3.57. The van der Waals surface area contributed by atoms with Gasteiger partial charge in [0.25, 0.3) is 5.91 Å². The Morgan fingerprint density at radius 2 is 2.03 bits per heavy atom. The third-order valence-electron chi connectivity index (χ3n) is 5.72. The molecular formula is C22H26N10O4S2Si. The molecule has 1 saturated heterocycles. The number of carbonyl (C=O) groups is 3. The number of nitrogens with zero attached hydrogens (tertiary/aromatic N) is 8. The zero-order valence-corrected chi connectivity index (χ0v) is 24.0. The highest BCUT2D eigenvalue weighted by atomic mass is 32.2. The van der Waals surface area contributed by atoms with E-state index in [1.807, 2.05) is 50.0 Å². The maximum Gasteiger partial charge on any atom is 0.341 e. The molecule has 2 amide bonds. The minimum absolute atomic E-state index is 0.169. The van der Waals surface area contributed by atoms with Crippen LogP contribution in [0.2, 0.25) is 19.6 Å². The lowest BCUT2D eigenvalue weighted by molar-refractivity contribution is -0.150. The Morgan fingerprint density at radius 1 is 1.23 bits per heavy atom. The lowest BCUT2D eigenvalue weighted by Gasteiger charge is -2.50. The molecule has 1 fully saturated rings. The van der Waals surface area contributed by atoms with Crippen molar-refractivity contribution >= 4 is 49.6 Å². The van der Waals surface area contributed by atoms with Crippen molar-refractivity contribution in [2.75, 3.05) is 11.5 Å². The molecule has 2 aromatic heterocycles. The van der Waals surface area contributed by atoms with E-state index in [0.717, 1.165) is 11.1 Å². The van der Waals surface area contributed by atoms with Gasteiger partial charge < -0.3 is 9.74 Å². The Labute approximate surface area is 232 Å². The van der Waals surface area contributed by atoms with Gasteiger partial charge in [0.2, 0.25) is 19.4 Å². The summed E-state index contributed by atoms with van der Waals surface area (Å²) in [5.41, 5.74) is 1.83. The van der Waals surface area contributed by atoms with Crippen LogP contribution < -0.4 is 5.32 Å². The van der Waals surface area contributed by atoms with Crippen molar-refractivity contribution in [3.8, 4) is 0 Å². The van der Waals surface area contributed by atoms with Gasteiger partial charge in [0.05, 0.1) is 6.42 Å². The minimum Gasteiger partial charge on any atom is -0.515 e. The van der Waals surface area contributed by atoms with Crippen LogP contribution in [0.5, 0.6) is 0 Å². The molecule has 3 aromatic rings. The standard InChI is InChI=1S/C22H26N10O4S2Si/c1-39(2,3)36-21(35)18-14(12-38-22-26-29-30-31(22)10-15-24-27-28-25-15)11-37-20-17(19(34)32(18)20)23-16(33)9-13-7-5-4-6-8-13/h4-8,17,20H,9-12H2,1-3H3,(H,23,33)(H,24,25,27,28)/t17?,20-/m0/s1. The summed E-state index contributed by atoms with van der Waals surface area (Å²) in [7, 11) is -2.26. The number of H-pyrrole nitrogens is 1. The van der Waals surface area contributed by atoms with Crippen LogP contribution in [0.25, 0.3) is 0 Å². The van der Waals surface area contributed by atoms with Crippen LogP contribution in [0.15, 0.2) is 46.8 Å². The van der Waals surface area contributed by atoms with Gasteiger partial charge in [-0.25, -0.2) is 9.48 Å². The third kappa shape index (κ3) is 6.20. The number of amides is 2. The van der Waals surface area contributed by atoms with Gasteiger partial charge >= 0.3 is 5.97 Å². The van der Waals surface area contributed by atoms with Crippen LogP contribution in [0, 0.1) is 0 Å². The number of hydrogen-bond acceptors (Lipinski definition) is 12. The average molecular weight is 587 g/mol. The van der Waals surface area contributed by atoms with E-state index in [9.17, 15) is 14.4 Å². The predicted octanol–water partition coefficient (Wildman–Crippen LogP) is 0.601. The normalized spacial score (nSPS) is 18.9. The van der Waals surface area contributed by atoms with E-state index in [-0.39, 0.29) is 30.5 Å². The Kier molecular flexibility index (Phi) is 7.80. The van der Waals surface area contributed by atoms with E-state index in [1.54, 1.807) is 0 Å². The molecule has 1 aromatic carbocycles. The number of rotatable bonds is 10. The smallest absolute Gasteiger partial charge is 0.341 e. The molecule has 0 spiro atoms. The van der Waals surface area contributed by atoms with Crippen LogP contribution in [-0.2, 0) is 31.8 Å². The highest BCUT2D eigenvalue weighted by molar-refractivity contribution is 8.01. The molecule has 0 aliphatic carbocycles. The number of thioether (sulfide) groups is 2. The molecule has 0 bridgehead atoms. The zero-order chi connectivity index (χ0) is 27.6. The molecule has 1 unspecified atom stereocenters. The first kappa shape index (κ1) is 27.0. The largest absolute Gasteiger partial charge is 0.515 e. The summed E-state index contributed by atoms with van der Waals surface area (Å²) >= 11 is 2.83. The van der Waals surface area contributed by atoms with Gasteiger partial charge in [-0.15, -0.1) is 27.1 Å². The summed E-state index contributed by atoms with van der Waals surface area (Å²) in [5.74, 6) is 0.159. The number of fused-ring (bicyclic) bond motifs is 1. The first-order valence-electron chi connectivity index (χ1n) is 12.0. The zero-order valence-electron chi connectivity index (χ0n) is 21.4. The molecule has 0 radical (unpaired) electrons. The van der Waals surface area contributed by atoms with Crippen molar-refractivity contribution in [1.29, 1.82) is 0 Å². The fraction of sp³-hybridized carbons (Fsp3) is 0.409. The molecule has 204 valence electrons. The summed E-state index contributed by atoms with van der Waals surface area (Å²) in [6, 6.07) is 8.61. The van der Waals surface area contributed by atoms with Crippen molar-refractivity contribution < 1.29 is 18.8 Å². The van der Waals surface area contributed by atoms with Crippen molar-refractivity contribution in [2.45, 2.75) is 49.2 Å². The Morgan fingerprint density at radius 3 is 2.74 bits per heavy atom. The quantitative estimate of drug-likeness (QED) is 0.193. The Balaban J connectivity index is 1.32. The summed E-state index contributed by atoms with van der Waals surface area (Å²) in [4.78, 5) is 40.7. The van der Waals surface area contributed by atoms with E-state index in [2.05, 4.69) is 41.5 Å². The summed E-state index contributed by atoms with van der Waals surface area (Å²) < 4.78 is 7.33. The summed E-state index contributed by atoms with van der Waals surface area (Å²) in [5, 5.41) is 28.5. The van der Waals surface area contributed by atoms with Gasteiger partial charge in [-0.1, -0.05) is 47.3 Å². The van der Waals surface area contributed by atoms with E-state index < -0.39 is 25.7 Å². The van der Waals surface area contributed by atoms with E-state index >= 15 is 0 Å². The van der Waals surface area contributed by atoms with Crippen LogP contribution in [0.1, 0.15) is 11.4 Å². The van der Waals surface area contributed by atoms with Gasteiger partial charge in [0.1, 0.15) is 23.7 Å². The van der Waals surface area contributed by atoms with E-state index in [4.69, 9.17) is 4.43 Å². The lowest BCUT2D eigenvalue weighted by atomic mass is 10.0. The van der Waals surface area contributed by atoms with E-state index in [1.165, 1.54) is 33.1 Å². The maximum absolute atomic E-state index is 13.4. The number of hydrogen-bond donors (Lipinski definition) is 2. The number of benzene rings is 1. The monoisotopic (exact) mass is 586 g/mol. The fourth-order valence-electron chi connectivity index (χ4n) is 4.05. The van der Waals surface area contributed by atoms with Crippen molar-refractivity contribution in [3.63, 3.8) is 0 Å². The number of tetrazole rings is 2. The van der Waals surface area contributed by atoms with Gasteiger partial charge in [0, 0.05) is 11.5 Å². The summed E-state index contributed by atoms with van der Waals surface area (Å²) in [6.45, 7) is 5.95. The molecule has 14 nitrogen and oxygen atoms in total. The number of carbonyl (C=O) groups excluding carboxylic acids is 3. The lowest BCUT2D eigenvalue weighted by Crippen LogP contribution is -2.71. The Bertz CT molecular complexity index is 1390. The fourth-order valence-corrected chi connectivity index (χ4v) is 7.06. The molecule has 0 saturated carbocycles. The first-order chi connectivity index (χ1) is 18.7. The topological polar surface area (TPSA) is 174 Å². The molecule has 2 atom stereocenters. The molecule has 2 aliphatic heterocycles. The van der Waals surface area contributed by atoms with Crippen molar-refractivity contribution in [2.24, 2.45) is 0 Å². The molecule has 2 aliphatic rings.